The van der Waals surface area contributed by atoms with Gasteiger partial charge in [0.05, 0.1) is 11.9 Å². The van der Waals surface area contributed by atoms with Crippen molar-refractivity contribution < 1.29 is 9.21 Å². The van der Waals surface area contributed by atoms with Crippen LogP contribution in [0.4, 0.5) is 5.13 Å². The lowest BCUT2D eigenvalue weighted by atomic mass is 10.2. The lowest BCUT2D eigenvalue weighted by Gasteiger charge is -1.97. The van der Waals surface area contributed by atoms with Gasteiger partial charge in [-0.15, -0.1) is 11.3 Å². The molecule has 23 heavy (non-hydrogen) atoms. The number of nitrogens with zero attached hydrogens (tertiary/aromatic N) is 3. The van der Waals surface area contributed by atoms with Gasteiger partial charge in [0.15, 0.2) is 10.9 Å². The molecule has 0 aliphatic carbocycles. The van der Waals surface area contributed by atoms with Crippen molar-refractivity contribution >= 4 is 33.3 Å². The summed E-state index contributed by atoms with van der Waals surface area (Å²) >= 11 is 1.36. The third kappa shape index (κ3) is 2.62. The van der Waals surface area contributed by atoms with E-state index in [1.807, 2.05) is 42.9 Å². The van der Waals surface area contributed by atoms with E-state index in [0.717, 1.165) is 16.6 Å². The summed E-state index contributed by atoms with van der Waals surface area (Å²) in [7, 11) is 1.85. The first-order valence-corrected chi connectivity index (χ1v) is 7.81. The van der Waals surface area contributed by atoms with Gasteiger partial charge in [0, 0.05) is 29.6 Å². The first-order chi connectivity index (χ1) is 11.2. The molecule has 0 aliphatic heterocycles. The predicted molar refractivity (Wildman–Crippen MR) is 88.5 cm³/mol. The van der Waals surface area contributed by atoms with Crippen LogP contribution in [0.25, 0.3) is 22.2 Å². The quantitative estimate of drug-likeness (QED) is 0.625. The zero-order chi connectivity index (χ0) is 15.8. The molecule has 0 unspecified atom stereocenters. The first-order valence-electron chi connectivity index (χ1n) is 6.93. The number of amides is 1. The van der Waals surface area contributed by atoms with Gasteiger partial charge >= 0.3 is 0 Å². The smallest absolute Gasteiger partial charge is 0.293 e. The molecule has 114 valence electrons. The van der Waals surface area contributed by atoms with Crippen molar-refractivity contribution in [2.45, 2.75) is 0 Å². The van der Waals surface area contributed by atoms with Crippen molar-refractivity contribution in [3.05, 3.63) is 53.9 Å². The molecule has 4 rings (SSSR count). The number of carbonyl (C=O) groups is 1. The molecule has 0 radical (unpaired) electrons. The fourth-order valence-corrected chi connectivity index (χ4v) is 2.98. The van der Waals surface area contributed by atoms with Gasteiger partial charge in [-0.25, -0.2) is 4.98 Å². The second-order valence-corrected chi connectivity index (χ2v) is 5.90. The normalized spacial score (nSPS) is 11.0. The number of furan rings is 1. The Morgan fingerprint density at radius 2 is 2.22 bits per heavy atom. The molecule has 0 atom stereocenters. The summed E-state index contributed by atoms with van der Waals surface area (Å²) in [4.78, 5) is 16.7. The minimum atomic E-state index is -0.312. The molecule has 0 spiro atoms. The highest BCUT2D eigenvalue weighted by Gasteiger charge is 2.14. The summed E-state index contributed by atoms with van der Waals surface area (Å²) in [5.74, 6) is -0.0439. The maximum Gasteiger partial charge on any atom is 0.293 e. The van der Waals surface area contributed by atoms with Crippen LogP contribution in [0.15, 0.2) is 52.5 Å². The number of benzene rings is 1. The lowest BCUT2D eigenvalue weighted by molar-refractivity contribution is 0.0998. The van der Waals surface area contributed by atoms with Gasteiger partial charge in [-0.3, -0.25) is 14.8 Å². The Morgan fingerprint density at radius 3 is 3.00 bits per heavy atom. The van der Waals surface area contributed by atoms with E-state index in [2.05, 4.69) is 15.4 Å². The SMILES string of the molecule is Cn1cc(-c2csc(NC(=O)c3cc4ccccc4o3)n2)cn1. The summed E-state index contributed by atoms with van der Waals surface area (Å²) in [5.41, 5.74) is 2.38. The number of rotatable bonds is 3. The number of nitrogens with one attached hydrogen (secondary N) is 1. The van der Waals surface area contributed by atoms with Crippen LogP contribution in [-0.4, -0.2) is 20.7 Å². The van der Waals surface area contributed by atoms with Crippen molar-refractivity contribution in [1.82, 2.24) is 14.8 Å². The number of hydrogen-bond acceptors (Lipinski definition) is 5. The molecule has 1 aromatic carbocycles. The number of aromatic nitrogens is 3. The van der Waals surface area contributed by atoms with Crippen molar-refractivity contribution in [3.8, 4) is 11.3 Å². The summed E-state index contributed by atoms with van der Waals surface area (Å²) in [5, 5.41) is 10.2. The number of carbonyl (C=O) groups excluding carboxylic acids is 1. The van der Waals surface area contributed by atoms with Gasteiger partial charge < -0.3 is 4.42 Å². The minimum absolute atomic E-state index is 0.268. The third-order valence-corrected chi connectivity index (χ3v) is 4.13. The second kappa shape index (κ2) is 5.36. The predicted octanol–water partition coefficient (Wildman–Crippen LogP) is 3.54. The first kappa shape index (κ1) is 13.7. The topological polar surface area (TPSA) is 73.0 Å². The largest absolute Gasteiger partial charge is 0.451 e. The molecule has 0 aliphatic rings. The molecular weight excluding hydrogens is 312 g/mol. The van der Waals surface area contributed by atoms with E-state index in [9.17, 15) is 4.79 Å². The summed E-state index contributed by atoms with van der Waals surface area (Å²) < 4.78 is 7.26. The number of thiazole rings is 1. The van der Waals surface area contributed by atoms with E-state index in [1.54, 1.807) is 16.9 Å². The van der Waals surface area contributed by atoms with Crippen LogP contribution in [0.1, 0.15) is 10.6 Å². The van der Waals surface area contributed by atoms with Crippen LogP contribution in [-0.2, 0) is 7.05 Å². The Morgan fingerprint density at radius 1 is 1.35 bits per heavy atom. The van der Waals surface area contributed by atoms with E-state index in [4.69, 9.17) is 4.42 Å². The van der Waals surface area contributed by atoms with Crippen LogP contribution in [0.2, 0.25) is 0 Å². The van der Waals surface area contributed by atoms with Crippen LogP contribution < -0.4 is 5.32 Å². The van der Waals surface area contributed by atoms with E-state index >= 15 is 0 Å². The van der Waals surface area contributed by atoms with Crippen LogP contribution in [0.5, 0.6) is 0 Å². The van der Waals surface area contributed by atoms with E-state index in [-0.39, 0.29) is 11.7 Å². The molecule has 3 heterocycles. The minimum Gasteiger partial charge on any atom is -0.451 e. The standard InChI is InChI=1S/C16H12N4O2S/c1-20-8-11(7-17-20)12-9-23-16(18-12)19-15(21)14-6-10-4-2-3-5-13(10)22-14/h2-9H,1H3,(H,18,19,21). The second-order valence-electron chi connectivity index (χ2n) is 5.04. The summed E-state index contributed by atoms with van der Waals surface area (Å²) in [6, 6.07) is 9.23. The number of aryl methyl sites for hydroxylation is 1. The van der Waals surface area contributed by atoms with Crippen molar-refractivity contribution in [1.29, 1.82) is 0 Å². The molecule has 1 amide bonds. The van der Waals surface area contributed by atoms with Gasteiger partial charge in [-0.2, -0.15) is 5.10 Å². The summed E-state index contributed by atoms with van der Waals surface area (Å²) in [6.45, 7) is 0. The van der Waals surface area contributed by atoms with Gasteiger partial charge in [-0.05, 0) is 12.1 Å². The van der Waals surface area contributed by atoms with Gasteiger partial charge in [0.1, 0.15) is 5.58 Å². The molecule has 0 fully saturated rings. The molecule has 4 aromatic rings. The number of anilines is 1. The van der Waals surface area contributed by atoms with Gasteiger partial charge in [0.2, 0.25) is 0 Å². The Balaban J connectivity index is 1.55. The molecule has 0 saturated heterocycles. The average molecular weight is 324 g/mol. The third-order valence-electron chi connectivity index (χ3n) is 3.37. The number of fused-ring (bicyclic) bond motifs is 1. The van der Waals surface area contributed by atoms with Crippen molar-refractivity contribution in [2.75, 3.05) is 5.32 Å². The molecule has 1 N–H and O–H groups in total. The fourth-order valence-electron chi connectivity index (χ4n) is 2.27. The van der Waals surface area contributed by atoms with E-state index in [0.29, 0.717) is 10.7 Å². The monoisotopic (exact) mass is 324 g/mol. The Hall–Kier alpha value is -2.93. The summed E-state index contributed by atoms with van der Waals surface area (Å²) in [6.07, 6.45) is 3.61. The molecule has 7 heteroatoms. The number of para-hydroxylation sites is 1. The zero-order valence-corrected chi connectivity index (χ0v) is 13.0. The zero-order valence-electron chi connectivity index (χ0n) is 12.2. The van der Waals surface area contributed by atoms with Crippen molar-refractivity contribution in [3.63, 3.8) is 0 Å². The highest BCUT2D eigenvalue weighted by molar-refractivity contribution is 7.14. The highest BCUT2D eigenvalue weighted by atomic mass is 32.1. The Labute approximate surface area is 135 Å². The fraction of sp³-hybridized carbons (Fsp3) is 0.0625. The molecule has 0 saturated carbocycles. The van der Waals surface area contributed by atoms with Crippen LogP contribution in [0.3, 0.4) is 0 Å². The maximum absolute atomic E-state index is 12.3. The van der Waals surface area contributed by atoms with E-state index < -0.39 is 0 Å². The molecule has 0 bridgehead atoms. The lowest BCUT2D eigenvalue weighted by Crippen LogP contribution is -2.10. The Bertz CT molecular complexity index is 965. The molecular formula is C16H12N4O2S. The van der Waals surface area contributed by atoms with Crippen molar-refractivity contribution in [2.24, 2.45) is 7.05 Å². The van der Waals surface area contributed by atoms with Crippen LogP contribution in [0, 0.1) is 0 Å². The number of hydrogen-bond donors (Lipinski definition) is 1. The molecule has 3 aromatic heterocycles. The van der Waals surface area contributed by atoms with Gasteiger partial charge in [-0.1, -0.05) is 18.2 Å². The maximum atomic E-state index is 12.3. The van der Waals surface area contributed by atoms with Gasteiger partial charge in [0.25, 0.3) is 5.91 Å². The Kier molecular flexibility index (Phi) is 3.20. The highest BCUT2D eigenvalue weighted by Crippen LogP contribution is 2.25. The van der Waals surface area contributed by atoms with Crippen LogP contribution >= 0.6 is 11.3 Å². The average Bonchev–Trinajstić information content (AvgIpc) is 3.25. The molecule has 6 nitrogen and oxygen atoms in total. The van der Waals surface area contributed by atoms with E-state index in [1.165, 1.54) is 11.3 Å².